The van der Waals surface area contributed by atoms with Gasteiger partial charge >= 0.3 is 0 Å². The highest BCUT2D eigenvalue weighted by Crippen LogP contribution is 2.20. The zero-order valence-corrected chi connectivity index (χ0v) is 19.3. The van der Waals surface area contributed by atoms with E-state index >= 15 is 0 Å². The molecule has 3 aromatic carbocycles. The number of nitrogens with zero attached hydrogens (tertiary/aromatic N) is 1. The average Bonchev–Trinajstić information content (AvgIpc) is 2.80. The largest absolute Gasteiger partial charge is 0.481 e. The van der Waals surface area contributed by atoms with Gasteiger partial charge in [-0.05, 0) is 60.9 Å². The van der Waals surface area contributed by atoms with Gasteiger partial charge < -0.3 is 10.1 Å². The van der Waals surface area contributed by atoms with Gasteiger partial charge in [0, 0.05) is 19.3 Å². The second-order valence-corrected chi connectivity index (χ2v) is 9.56. The van der Waals surface area contributed by atoms with Crippen molar-refractivity contribution in [3.05, 3.63) is 90.0 Å². The summed E-state index contributed by atoms with van der Waals surface area (Å²) in [5.41, 5.74) is 2.59. The van der Waals surface area contributed by atoms with Crippen molar-refractivity contribution in [3.8, 4) is 5.75 Å². The van der Waals surface area contributed by atoms with Crippen molar-refractivity contribution in [1.29, 1.82) is 0 Å². The monoisotopic (exact) mass is 452 g/mol. The third-order valence-electron chi connectivity index (χ3n) is 5.09. The smallest absolute Gasteiger partial charge is 0.265 e. The fraction of sp³-hybridized carbons (Fsp3) is 0.240. The van der Waals surface area contributed by atoms with Gasteiger partial charge in [0.1, 0.15) is 5.75 Å². The van der Waals surface area contributed by atoms with Gasteiger partial charge in [0.2, 0.25) is 10.0 Å². The molecule has 0 radical (unpaired) electrons. The fourth-order valence-electron chi connectivity index (χ4n) is 3.12. The molecular formula is C25H28N2O4S. The molecule has 0 saturated heterocycles. The van der Waals surface area contributed by atoms with Gasteiger partial charge in [0.15, 0.2) is 6.10 Å². The van der Waals surface area contributed by atoms with Gasteiger partial charge in [-0.2, -0.15) is 4.31 Å². The number of nitrogens with one attached hydrogen (secondary N) is 1. The molecule has 3 rings (SSSR count). The van der Waals surface area contributed by atoms with E-state index in [0.717, 1.165) is 12.0 Å². The fourth-order valence-corrected chi connectivity index (χ4v) is 4.28. The van der Waals surface area contributed by atoms with Crippen LogP contribution in [0.2, 0.25) is 0 Å². The number of sulfonamides is 1. The lowest BCUT2D eigenvalue weighted by Gasteiger charge is -2.18. The highest BCUT2D eigenvalue weighted by Gasteiger charge is 2.21. The second kappa shape index (κ2) is 10.4. The van der Waals surface area contributed by atoms with E-state index in [0.29, 0.717) is 11.4 Å². The van der Waals surface area contributed by atoms with Crippen molar-refractivity contribution in [2.24, 2.45) is 0 Å². The molecule has 168 valence electrons. The summed E-state index contributed by atoms with van der Waals surface area (Å²) in [6, 6.07) is 23.1. The lowest BCUT2D eigenvalue weighted by molar-refractivity contribution is -0.122. The predicted octanol–water partition coefficient (Wildman–Crippen LogP) is 4.48. The van der Waals surface area contributed by atoms with Gasteiger partial charge in [-0.1, -0.05) is 49.4 Å². The van der Waals surface area contributed by atoms with Crippen LogP contribution in [-0.4, -0.2) is 31.8 Å². The van der Waals surface area contributed by atoms with Gasteiger partial charge in [-0.25, -0.2) is 8.42 Å². The first-order valence-electron chi connectivity index (χ1n) is 10.5. The molecule has 1 atom stereocenters. The molecule has 0 saturated carbocycles. The molecule has 1 amide bonds. The highest BCUT2D eigenvalue weighted by atomic mass is 32.2. The van der Waals surface area contributed by atoms with Crippen LogP contribution in [0.4, 0.5) is 5.69 Å². The number of ether oxygens (including phenoxy) is 1. The molecule has 0 heterocycles. The molecule has 0 bridgehead atoms. The molecule has 0 aliphatic rings. The maximum atomic E-state index is 12.8. The summed E-state index contributed by atoms with van der Waals surface area (Å²) in [5.74, 6) is 0.300. The Kier molecular flexibility index (Phi) is 7.66. The van der Waals surface area contributed by atoms with Crippen molar-refractivity contribution in [1.82, 2.24) is 4.31 Å². The van der Waals surface area contributed by atoms with E-state index in [9.17, 15) is 13.2 Å². The molecule has 0 aromatic heterocycles. The zero-order valence-electron chi connectivity index (χ0n) is 18.5. The summed E-state index contributed by atoms with van der Waals surface area (Å²) in [6.45, 7) is 4.01. The first-order chi connectivity index (χ1) is 15.3. The van der Waals surface area contributed by atoms with E-state index in [1.54, 1.807) is 26.1 Å². The summed E-state index contributed by atoms with van der Waals surface area (Å²) < 4.78 is 32.7. The molecule has 0 aliphatic heterocycles. The molecule has 32 heavy (non-hydrogen) atoms. The van der Waals surface area contributed by atoms with Gasteiger partial charge in [0.25, 0.3) is 5.91 Å². The highest BCUT2D eigenvalue weighted by molar-refractivity contribution is 7.89. The SMILES string of the molecule is CCc1ccc(OC(C)C(=O)Nc2ccc(S(=O)(=O)N(C)Cc3ccccc3)cc2)cc1. The van der Waals surface area contributed by atoms with Crippen LogP contribution in [0.5, 0.6) is 5.75 Å². The third kappa shape index (κ3) is 5.96. The van der Waals surface area contributed by atoms with Gasteiger partial charge in [-0.15, -0.1) is 0 Å². The van der Waals surface area contributed by atoms with Crippen LogP contribution in [-0.2, 0) is 27.8 Å². The Morgan fingerprint density at radius 3 is 2.16 bits per heavy atom. The quantitative estimate of drug-likeness (QED) is 0.520. The number of hydrogen-bond donors (Lipinski definition) is 1. The molecule has 6 nitrogen and oxygen atoms in total. The minimum atomic E-state index is -3.65. The predicted molar refractivity (Wildman–Crippen MR) is 126 cm³/mol. The molecule has 3 aromatic rings. The van der Waals surface area contributed by atoms with E-state index < -0.39 is 16.1 Å². The van der Waals surface area contributed by atoms with E-state index in [1.165, 1.54) is 22.0 Å². The number of benzene rings is 3. The van der Waals surface area contributed by atoms with Crippen LogP contribution in [0.3, 0.4) is 0 Å². The van der Waals surface area contributed by atoms with Gasteiger partial charge in [-0.3, -0.25) is 4.79 Å². The Hall–Kier alpha value is -3.16. The van der Waals surface area contributed by atoms with E-state index in [1.807, 2.05) is 54.6 Å². The minimum absolute atomic E-state index is 0.161. The van der Waals surface area contributed by atoms with Crippen molar-refractivity contribution in [2.75, 3.05) is 12.4 Å². The number of carbonyl (C=O) groups excluding carboxylic acids is 1. The summed E-state index contributed by atoms with van der Waals surface area (Å²) in [7, 11) is -2.10. The Labute approximate surface area is 189 Å². The number of anilines is 1. The maximum absolute atomic E-state index is 12.8. The Balaban J connectivity index is 1.60. The summed E-state index contributed by atoms with van der Waals surface area (Å²) in [6.07, 6.45) is 0.229. The van der Waals surface area contributed by atoms with E-state index in [-0.39, 0.29) is 17.3 Å². The minimum Gasteiger partial charge on any atom is -0.481 e. The summed E-state index contributed by atoms with van der Waals surface area (Å²) in [5, 5.41) is 2.76. The molecule has 1 N–H and O–H groups in total. The van der Waals surface area contributed by atoms with Crippen molar-refractivity contribution in [3.63, 3.8) is 0 Å². The van der Waals surface area contributed by atoms with E-state index in [2.05, 4.69) is 12.2 Å². The zero-order chi connectivity index (χ0) is 23.1. The lowest BCUT2D eigenvalue weighted by Crippen LogP contribution is -2.30. The summed E-state index contributed by atoms with van der Waals surface area (Å²) in [4.78, 5) is 12.6. The van der Waals surface area contributed by atoms with Crippen LogP contribution in [0.15, 0.2) is 83.8 Å². The average molecular weight is 453 g/mol. The Morgan fingerprint density at radius 1 is 0.938 bits per heavy atom. The van der Waals surface area contributed by atoms with E-state index in [4.69, 9.17) is 4.74 Å². The molecule has 0 fully saturated rings. The van der Waals surface area contributed by atoms with Crippen LogP contribution in [0.1, 0.15) is 25.0 Å². The van der Waals surface area contributed by atoms with Crippen molar-refractivity contribution >= 4 is 21.6 Å². The molecule has 0 aliphatic carbocycles. The molecular weight excluding hydrogens is 424 g/mol. The van der Waals surface area contributed by atoms with Gasteiger partial charge in [0.05, 0.1) is 4.90 Å². The number of carbonyl (C=O) groups is 1. The number of rotatable bonds is 9. The Bertz CT molecular complexity index is 1130. The van der Waals surface area contributed by atoms with Crippen LogP contribution in [0, 0.1) is 0 Å². The normalized spacial score (nSPS) is 12.4. The van der Waals surface area contributed by atoms with Crippen molar-refractivity contribution < 1.29 is 17.9 Å². The standard InChI is InChI=1S/C25H28N2O4S/c1-4-20-10-14-23(15-11-20)31-19(2)25(28)26-22-12-16-24(17-13-22)32(29,30)27(3)18-21-8-6-5-7-9-21/h5-17,19H,4,18H2,1-3H3,(H,26,28). The van der Waals surface area contributed by atoms with Crippen molar-refractivity contribution in [2.45, 2.75) is 37.8 Å². The number of hydrogen-bond acceptors (Lipinski definition) is 4. The number of aryl methyl sites for hydroxylation is 1. The number of amides is 1. The first kappa shape index (κ1) is 23.5. The topological polar surface area (TPSA) is 75.7 Å². The van der Waals surface area contributed by atoms with Crippen LogP contribution < -0.4 is 10.1 Å². The summed E-state index contributed by atoms with van der Waals surface area (Å²) >= 11 is 0. The van der Waals surface area contributed by atoms with Crippen LogP contribution in [0.25, 0.3) is 0 Å². The molecule has 0 spiro atoms. The molecule has 7 heteroatoms. The lowest BCUT2D eigenvalue weighted by atomic mass is 10.2. The third-order valence-corrected chi connectivity index (χ3v) is 6.91. The molecule has 1 unspecified atom stereocenters. The maximum Gasteiger partial charge on any atom is 0.265 e. The second-order valence-electron chi connectivity index (χ2n) is 7.52. The van der Waals surface area contributed by atoms with Crippen LogP contribution >= 0.6 is 0 Å². The first-order valence-corrected chi connectivity index (χ1v) is 11.9. The Morgan fingerprint density at radius 2 is 1.56 bits per heavy atom.